The third kappa shape index (κ3) is 3.23. The number of hydrogen-bond donors (Lipinski definition) is 1. The summed E-state index contributed by atoms with van der Waals surface area (Å²) in [6.07, 6.45) is 1.04. The summed E-state index contributed by atoms with van der Waals surface area (Å²) in [5.41, 5.74) is 3.71. The van der Waals surface area contributed by atoms with E-state index in [1.54, 1.807) is 17.0 Å². The van der Waals surface area contributed by atoms with Crippen LogP contribution in [0.2, 0.25) is 0 Å². The van der Waals surface area contributed by atoms with Crippen molar-refractivity contribution in [2.45, 2.75) is 26.7 Å². The highest BCUT2D eigenvalue weighted by atomic mass is 16.7. The van der Waals surface area contributed by atoms with Gasteiger partial charge in [-0.3, -0.25) is 9.59 Å². The fraction of sp³-hybridized carbons (Fsp3) is 0.333. The van der Waals surface area contributed by atoms with Gasteiger partial charge in [-0.25, -0.2) is 0 Å². The van der Waals surface area contributed by atoms with Crippen molar-refractivity contribution in [3.63, 3.8) is 0 Å². The summed E-state index contributed by atoms with van der Waals surface area (Å²) in [6, 6.07) is 11.4. The number of carbonyl (C=O) groups excluding carboxylic acids is 2. The fourth-order valence-corrected chi connectivity index (χ4v) is 3.61. The zero-order chi connectivity index (χ0) is 19.0. The van der Waals surface area contributed by atoms with E-state index in [0.717, 1.165) is 28.9 Å². The standard InChI is InChI=1S/C21H22N2O4/c1-3-14-6-4-5-13(2)20(14)22-21(25)15-9-19(24)23(11-15)16-7-8-17-18(10-16)27-12-26-17/h4-8,10,15H,3,9,11-12H2,1-2H3,(H,22,25). The monoisotopic (exact) mass is 366 g/mol. The SMILES string of the molecule is CCc1cccc(C)c1NC(=O)C1CC(=O)N(c2ccc3c(c2)OCO3)C1. The molecule has 27 heavy (non-hydrogen) atoms. The van der Waals surface area contributed by atoms with Gasteiger partial charge in [0.25, 0.3) is 0 Å². The summed E-state index contributed by atoms with van der Waals surface area (Å²) in [4.78, 5) is 27.0. The number of anilines is 2. The molecule has 2 aromatic carbocycles. The van der Waals surface area contributed by atoms with Crippen LogP contribution in [0, 0.1) is 12.8 Å². The number of hydrogen-bond acceptors (Lipinski definition) is 4. The normalized spacial score (nSPS) is 18.1. The van der Waals surface area contributed by atoms with E-state index in [9.17, 15) is 9.59 Å². The largest absolute Gasteiger partial charge is 0.454 e. The topological polar surface area (TPSA) is 67.9 Å². The van der Waals surface area contributed by atoms with Crippen LogP contribution in [0.3, 0.4) is 0 Å². The van der Waals surface area contributed by atoms with Crippen molar-refractivity contribution in [1.82, 2.24) is 0 Å². The van der Waals surface area contributed by atoms with Crippen molar-refractivity contribution < 1.29 is 19.1 Å². The van der Waals surface area contributed by atoms with Crippen LogP contribution in [0.15, 0.2) is 36.4 Å². The first-order valence-electron chi connectivity index (χ1n) is 9.16. The lowest BCUT2D eigenvalue weighted by atomic mass is 10.0. The molecular formula is C21H22N2O4. The molecule has 1 N–H and O–H groups in total. The zero-order valence-electron chi connectivity index (χ0n) is 15.5. The minimum Gasteiger partial charge on any atom is -0.454 e. The predicted molar refractivity (Wildman–Crippen MR) is 102 cm³/mol. The van der Waals surface area contributed by atoms with Crippen LogP contribution >= 0.6 is 0 Å². The van der Waals surface area contributed by atoms with Crippen molar-refractivity contribution in [2.24, 2.45) is 5.92 Å². The maximum Gasteiger partial charge on any atom is 0.231 e. The molecule has 0 aliphatic carbocycles. The highest BCUT2D eigenvalue weighted by molar-refractivity contribution is 6.04. The van der Waals surface area contributed by atoms with Gasteiger partial charge in [-0.2, -0.15) is 0 Å². The Morgan fingerprint density at radius 1 is 1.22 bits per heavy atom. The summed E-state index contributed by atoms with van der Waals surface area (Å²) in [6.45, 7) is 4.59. The van der Waals surface area contributed by atoms with E-state index in [1.165, 1.54) is 0 Å². The van der Waals surface area contributed by atoms with E-state index >= 15 is 0 Å². The number of ether oxygens (including phenoxy) is 2. The average Bonchev–Trinajstić information content (AvgIpc) is 3.29. The summed E-state index contributed by atoms with van der Waals surface area (Å²) in [7, 11) is 0. The van der Waals surface area contributed by atoms with Gasteiger partial charge in [0.1, 0.15) is 0 Å². The molecule has 0 saturated carbocycles. The van der Waals surface area contributed by atoms with E-state index < -0.39 is 0 Å². The minimum atomic E-state index is -0.382. The van der Waals surface area contributed by atoms with E-state index in [2.05, 4.69) is 12.2 Å². The molecule has 2 amide bonds. The van der Waals surface area contributed by atoms with E-state index in [1.807, 2.05) is 31.2 Å². The van der Waals surface area contributed by atoms with Gasteiger partial charge in [0.15, 0.2) is 11.5 Å². The summed E-state index contributed by atoms with van der Waals surface area (Å²) < 4.78 is 10.7. The van der Waals surface area contributed by atoms with Gasteiger partial charge in [-0.05, 0) is 36.6 Å². The lowest BCUT2D eigenvalue weighted by molar-refractivity contribution is -0.122. The predicted octanol–water partition coefficient (Wildman–Crippen LogP) is 3.28. The smallest absolute Gasteiger partial charge is 0.231 e. The molecule has 0 radical (unpaired) electrons. The van der Waals surface area contributed by atoms with Gasteiger partial charge in [-0.15, -0.1) is 0 Å². The maximum atomic E-state index is 12.8. The first-order chi connectivity index (χ1) is 13.1. The molecule has 1 atom stereocenters. The highest BCUT2D eigenvalue weighted by Gasteiger charge is 2.36. The first-order valence-corrected chi connectivity index (χ1v) is 9.16. The molecule has 6 nitrogen and oxygen atoms in total. The number of nitrogens with zero attached hydrogens (tertiary/aromatic N) is 1. The number of rotatable bonds is 4. The van der Waals surface area contributed by atoms with Crippen LogP contribution in [0.4, 0.5) is 11.4 Å². The molecule has 2 aliphatic rings. The van der Waals surface area contributed by atoms with Crippen LogP contribution in [0.5, 0.6) is 11.5 Å². The Bertz CT molecular complexity index is 909. The second-order valence-corrected chi connectivity index (χ2v) is 6.89. The molecular weight excluding hydrogens is 344 g/mol. The zero-order valence-corrected chi connectivity index (χ0v) is 15.5. The molecule has 0 spiro atoms. The average molecular weight is 366 g/mol. The number of fused-ring (bicyclic) bond motifs is 1. The van der Waals surface area contributed by atoms with Gasteiger partial charge in [0.2, 0.25) is 18.6 Å². The van der Waals surface area contributed by atoms with E-state index in [0.29, 0.717) is 18.0 Å². The molecule has 0 aromatic heterocycles. The number of aryl methyl sites for hydroxylation is 2. The van der Waals surface area contributed by atoms with Crippen LogP contribution in [-0.2, 0) is 16.0 Å². The van der Waals surface area contributed by atoms with Gasteiger partial charge >= 0.3 is 0 Å². The van der Waals surface area contributed by atoms with Crippen LogP contribution in [0.1, 0.15) is 24.5 Å². The van der Waals surface area contributed by atoms with Crippen molar-refractivity contribution in [2.75, 3.05) is 23.6 Å². The minimum absolute atomic E-state index is 0.0606. The Labute approximate surface area is 158 Å². The van der Waals surface area contributed by atoms with E-state index in [-0.39, 0.29) is 30.9 Å². The molecule has 1 fully saturated rings. The van der Waals surface area contributed by atoms with Gasteiger partial charge in [0, 0.05) is 30.4 Å². The van der Waals surface area contributed by atoms with Gasteiger partial charge < -0.3 is 19.7 Å². The van der Waals surface area contributed by atoms with Crippen LogP contribution in [-0.4, -0.2) is 25.2 Å². The lowest BCUT2D eigenvalue weighted by Gasteiger charge is -2.18. The number of benzene rings is 2. The van der Waals surface area contributed by atoms with Crippen LogP contribution < -0.4 is 19.7 Å². The third-order valence-corrected chi connectivity index (χ3v) is 5.15. The quantitative estimate of drug-likeness (QED) is 0.902. The molecule has 1 saturated heterocycles. The molecule has 1 unspecified atom stereocenters. The van der Waals surface area contributed by atoms with Crippen LogP contribution in [0.25, 0.3) is 0 Å². The third-order valence-electron chi connectivity index (χ3n) is 5.15. The first kappa shape index (κ1) is 17.4. The molecule has 2 aromatic rings. The molecule has 4 rings (SSSR count). The molecule has 2 heterocycles. The van der Waals surface area contributed by atoms with E-state index in [4.69, 9.17) is 9.47 Å². The Hall–Kier alpha value is -3.02. The molecule has 6 heteroatoms. The number of amides is 2. The Balaban J connectivity index is 1.50. The summed E-state index contributed by atoms with van der Waals surface area (Å²) >= 11 is 0. The molecule has 0 bridgehead atoms. The Kier molecular flexibility index (Phi) is 4.48. The van der Waals surface area contributed by atoms with Gasteiger partial charge in [-0.1, -0.05) is 25.1 Å². The van der Waals surface area contributed by atoms with Crippen molar-refractivity contribution in [1.29, 1.82) is 0 Å². The summed E-state index contributed by atoms with van der Waals surface area (Å²) in [5.74, 6) is 0.740. The van der Waals surface area contributed by atoms with Crippen molar-refractivity contribution in [3.05, 3.63) is 47.5 Å². The molecule has 140 valence electrons. The second kappa shape index (κ2) is 6.95. The number of carbonyl (C=O) groups is 2. The Morgan fingerprint density at radius 2 is 2.04 bits per heavy atom. The lowest BCUT2D eigenvalue weighted by Crippen LogP contribution is -2.28. The Morgan fingerprint density at radius 3 is 2.85 bits per heavy atom. The number of nitrogens with one attached hydrogen (secondary N) is 1. The van der Waals surface area contributed by atoms with Crippen molar-refractivity contribution >= 4 is 23.2 Å². The highest BCUT2D eigenvalue weighted by Crippen LogP contribution is 2.37. The summed E-state index contributed by atoms with van der Waals surface area (Å²) in [5, 5.41) is 3.04. The van der Waals surface area contributed by atoms with Gasteiger partial charge in [0.05, 0.1) is 5.92 Å². The fourth-order valence-electron chi connectivity index (χ4n) is 3.61. The maximum absolute atomic E-state index is 12.8. The van der Waals surface area contributed by atoms with Crippen molar-refractivity contribution in [3.8, 4) is 11.5 Å². The molecule has 2 aliphatic heterocycles. The second-order valence-electron chi connectivity index (χ2n) is 6.89. The number of para-hydroxylation sites is 1.